The molecule has 6 nitrogen and oxygen atoms in total. The van der Waals surface area contributed by atoms with Crippen LogP contribution in [-0.4, -0.2) is 74.3 Å². The van der Waals surface area contributed by atoms with Crippen LogP contribution < -0.4 is 0 Å². The van der Waals surface area contributed by atoms with Gasteiger partial charge in [-0.1, -0.05) is 13.0 Å². The van der Waals surface area contributed by atoms with Gasteiger partial charge in [-0.25, -0.2) is 8.42 Å². The van der Waals surface area contributed by atoms with Crippen molar-refractivity contribution in [3.63, 3.8) is 0 Å². The third kappa shape index (κ3) is 4.76. The predicted octanol–water partition coefficient (Wildman–Crippen LogP) is 0.619. The average Bonchev–Trinajstić information content (AvgIpc) is 2.54. The summed E-state index contributed by atoms with van der Waals surface area (Å²) in [6, 6.07) is 6.17. The number of benzene rings is 1. The molecule has 7 heteroatoms. The largest absolute Gasteiger partial charge is 0.392 e. The van der Waals surface area contributed by atoms with E-state index in [4.69, 9.17) is 0 Å². The zero-order valence-electron chi connectivity index (χ0n) is 13.6. The Kier molecular flexibility index (Phi) is 5.78. The lowest BCUT2D eigenvalue weighted by Crippen LogP contribution is -2.50. The van der Waals surface area contributed by atoms with Gasteiger partial charge < -0.3 is 10.0 Å². The van der Waals surface area contributed by atoms with Crippen molar-refractivity contribution in [3.05, 3.63) is 29.8 Å². The van der Waals surface area contributed by atoms with E-state index in [1.165, 1.54) is 12.1 Å². The molecule has 1 fully saturated rings. The normalized spacial score (nSPS) is 18.0. The summed E-state index contributed by atoms with van der Waals surface area (Å²) in [5.74, 6) is -0.147. The molecule has 23 heavy (non-hydrogen) atoms. The summed E-state index contributed by atoms with van der Waals surface area (Å²) in [7, 11) is -3.32. The average molecular weight is 340 g/mol. The molecule has 1 atom stereocenters. The first kappa shape index (κ1) is 17.9. The van der Waals surface area contributed by atoms with E-state index in [0.29, 0.717) is 38.3 Å². The minimum absolute atomic E-state index is 0.147. The quantitative estimate of drug-likeness (QED) is 0.850. The first-order valence-electron chi connectivity index (χ1n) is 7.81. The van der Waals surface area contributed by atoms with E-state index < -0.39 is 9.84 Å². The summed E-state index contributed by atoms with van der Waals surface area (Å²) >= 11 is 0. The predicted molar refractivity (Wildman–Crippen MR) is 88.2 cm³/mol. The van der Waals surface area contributed by atoms with E-state index in [-0.39, 0.29) is 16.9 Å². The molecule has 0 aliphatic carbocycles. The number of carbonyl (C=O) groups is 1. The number of aliphatic hydroxyl groups excluding tert-OH is 1. The van der Waals surface area contributed by atoms with Crippen LogP contribution in [0, 0.1) is 0 Å². The fourth-order valence-electron chi connectivity index (χ4n) is 2.60. The highest BCUT2D eigenvalue weighted by Gasteiger charge is 2.23. The smallest absolute Gasteiger partial charge is 0.253 e. The maximum atomic E-state index is 12.5. The molecular weight excluding hydrogens is 316 g/mol. The molecule has 0 saturated carbocycles. The number of β-amino-alcohol motifs (C(OH)–C–C–N with tert-alkyl or cyclic N) is 1. The molecule has 1 aliphatic rings. The van der Waals surface area contributed by atoms with Crippen LogP contribution in [0.3, 0.4) is 0 Å². The van der Waals surface area contributed by atoms with Crippen molar-refractivity contribution < 1.29 is 18.3 Å². The van der Waals surface area contributed by atoms with Crippen molar-refractivity contribution in [1.82, 2.24) is 9.80 Å². The number of amides is 1. The molecule has 1 heterocycles. The van der Waals surface area contributed by atoms with Crippen molar-refractivity contribution >= 4 is 15.7 Å². The van der Waals surface area contributed by atoms with Crippen LogP contribution in [0.2, 0.25) is 0 Å². The summed E-state index contributed by atoms with van der Waals surface area (Å²) in [5.41, 5.74) is 0.398. The minimum Gasteiger partial charge on any atom is -0.392 e. The summed E-state index contributed by atoms with van der Waals surface area (Å²) in [4.78, 5) is 16.6. The maximum absolute atomic E-state index is 12.5. The molecule has 1 aromatic rings. The van der Waals surface area contributed by atoms with Crippen molar-refractivity contribution in [2.75, 3.05) is 39.0 Å². The summed E-state index contributed by atoms with van der Waals surface area (Å²) in [6.45, 7) is 5.17. The molecule has 1 aliphatic heterocycles. The summed E-state index contributed by atoms with van der Waals surface area (Å²) < 4.78 is 23.2. The number of nitrogens with zero attached hydrogens (tertiary/aromatic N) is 2. The standard InChI is InChI=1S/C16H24N2O4S/c1-3-14(19)12-17-7-9-18(10-8-17)16(20)13-5-4-6-15(11-13)23(2,21)22/h4-6,11,14,19H,3,7-10,12H2,1-2H3. The van der Waals surface area contributed by atoms with Gasteiger partial charge in [0.1, 0.15) is 0 Å². The van der Waals surface area contributed by atoms with Gasteiger partial charge >= 0.3 is 0 Å². The molecule has 2 rings (SSSR count). The molecule has 1 unspecified atom stereocenters. The van der Waals surface area contributed by atoms with Gasteiger partial charge in [-0.2, -0.15) is 0 Å². The molecule has 0 spiro atoms. The molecule has 0 bridgehead atoms. The topological polar surface area (TPSA) is 77.9 Å². The number of aliphatic hydroxyl groups is 1. The Morgan fingerprint density at radius 3 is 2.48 bits per heavy atom. The van der Waals surface area contributed by atoms with Gasteiger partial charge in [-0.05, 0) is 24.6 Å². The molecule has 128 valence electrons. The second-order valence-electron chi connectivity index (χ2n) is 5.95. The Hall–Kier alpha value is -1.44. The SMILES string of the molecule is CCC(O)CN1CCN(C(=O)c2cccc(S(C)(=O)=O)c2)CC1. The Morgan fingerprint density at radius 2 is 1.91 bits per heavy atom. The first-order valence-corrected chi connectivity index (χ1v) is 9.70. The summed E-state index contributed by atoms with van der Waals surface area (Å²) in [5, 5.41) is 9.69. The van der Waals surface area contributed by atoms with E-state index in [9.17, 15) is 18.3 Å². The van der Waals surface area contributed by atoms with Gasteiger partial charge in [0.05, 0.1) is 11.0 Å². The first-order chi connectivity index (χ1) is 10.8. The number of piperazine rings is 1. The third-order valence-electron chi connectivity index (χ3n) is 4.11. The van der Waals surface area contributed by atoms with Crippen LogP contribution in [0.25, 0.3) is 0 Å². The van der Waals surface area contributed by atoms with E-state index in [0.717, 1.165) is 12.7 Å². The van der Waals surface area contributed by atoms with Crippen LogP contribution in [0.4, 0.5) is 0 Å². The van der Waals surface area contributed by atoms with Crippen LogP contribution >= 0.6 is 0 Å². The second kappa shape index (κ2) is 7.42. The van der Waals surface area contributed by atoms with Crippen LogP contribution in [0.5, 0.6) is 0 Å². The number of hydrogen-bond acceptors (Lipinski definition) is 5. The fourth-order valence-corrected chi connectivity index (χ4v) is 3.27. The number of hydrogen-bond donors (Lipinski definition) is 1. The van der Waals surface area contributed by atoms with Crippen molar-refractivity contribution in [2.45, 2.75) is 24.3 Å². The van der Waals surface area contributed by atoms with Gasteiger partial charge in [-0.3, -0.25) is 9.69 Å². The van der Waals surface area contributed by atoms with Crippen molar-refractivity contribution in [2.24, 2.45) is 0 Å². The molecule has 1 N–H and O–H groups in total. The van der Waals surface area contributed by atoms with Gasteiger partial charge in [0, 0.05) is 44.5 Å². The zero-order valence-corrected chi connectivity index (χ0v) is 14.4. The number of rotatable bonds is 5. The monoisotopic (exact) mass is 340 g/mol. The lowest BCUT2D eigenvalue weighted by molar-refractivity contribution is 0.0523. The fraction of sp³-hybridized carbons (Fsp3) is 0.562. The molecule has 1 saturated heterocycles. The van der Waals surface area contributed by atoms with E-state index in [2.05, 4.69) is 4.90 Å². The Bertz CT molecular complexity index is 652. The number of sulfone groups is 1. The highest BCUT2D eigenvalue weighted by molar-refractivity contribution is 7.90. The zero-order chi connectivity index (χ0) is 17.0. The van der Waals surface area contributed by atoms with Gasteiger partial charge in [0.2, 0.25) is 0 Å². The molecular formula is C16H24N2O4S. The van der Waals surface area contributed by atoms with E-state index in [1.807, 2.05) is 6.92 Å². The van der Waals surface area contributed by atoms with E-state index >= 15 is 0 Å². The molecule has 1 amide bonds. The van der Waals surface area contributed by atoms with Crippen molar-refractivity contribution in [3.8, 4) is 0 Å². The second-order valence-corrected chi connectivity index (χ2v) is 7.97. The van der Waals surface area contributed by atoms with E-state index in [1.54, 1.807) is 17.0 Å². The lowest BCUT2D eigenvalue weighted by atomic mass is 10.1. The molecule has 1 aromatic carbocycles. The maximum Gasteiger partial charge on any atom is 0.253 e. The summed E-state index contributed by atoms with van der Waals surface area (Å²) in [6.07, 6.45) is 1.52. The Morgan fingerprint density at radius 1 is 1.26 bits per heavy atom. The van der Waals surface area contributed by atoms with Crippen LogP contribution in [0.15, 0.2) is 29.2 Å². The Balaban J connectivity index is 2.00. The highest BCUT2D eigenvalue weighted by atomic mass is 32.2. The number of carbonyl (C=O) groups excluding carboxylic acids is 1. The molecule has 0 radical (unpaired) electrons. The third-order valence-corrected chi connectivity index (χ3v) is 5.22. The van der Waals surface area contributed by atoms with Crippen molar-refractivity contribution in [1.29, 1.82) is 0 Å². The van der Waals surface area contributed by atoms with Crippen LogP contribution in [0.1, 0.15) is 23.7 Å². The van der Waals surface area contributed by atoms with Gasteiger partial charge in [0.15, 0.2) is 9.84 Å². The highest BCUT2D eigenvalue weighted by Crippen LogP contribution is 2.14. The Labute approximate surface area is 137 Å². The molecule has 0 aromatic heterocycles. The minimum atomic E-state index is -3.32. The van der Waals surface area contributed by atoms with Gasteiger partial charge in [-0.15, -0.1) is 0 Å². The van der Waals surface area contributed by atoms with Crippen LogP contribution in [-0.2, 0) is 9.84 Å². The lowest BCUT2D eigenvalue weighted by Gasteiger charge is -2.35. The van der Waals surface area contributed by atoms with Gasteiger partial charge in [0.25, 0.3) is 5.91 Å².